The summed E-state index contributed by atoms with van der Waals surface area (Å²) in [5.74, 6) is -0.577. The van der Waals surface area contributed by atoms with Crippen molar-refractivity contribution in [3.8, 4) is 0 Å². The minimum Gasteiger partial charge on any atom is -0.394 e. The summed E-state index contributed by atoms with van der Waals surface area (Å²) >= 11 is 0. The molecule has 0 aromatic heterocycles. The number of rotatable bonds is 46. The van der Waals surface area contributed by atoms with E-state index in [2.05, 4.69) is 19.2 Å². The first-order chi connectivity index (χ1) is 27.0. The van der Waals surface area contributed by atoms with E-state index in [9.17, 15) is 25.2 Å². The van der Waals surface area contributed by atoms with Crippen LogP contribution in [0.25, 0.3) is 0 Å². The fourth-order valence-corrected chi connectivity index (χ4v) is 8.11. The highest BCUT2D eigenvalue weighted by Gasteiger charge is 2.28. The van der Waals surface area contributed by atoms with Gasteiger partial charge in [0, 0.05) is 0 Å². The predicted octanol–water partition coefficient (Wildman–Crippen LogP) is 13.6. The van der Waals surface area contributed by atoms with Gasteiger partial charge in [0.15, 0.2) is 0 Å². The number of carbonyl (C=O) groups is 1. The van der Waals surface area contributed by atoms with Crippen LogP contribution >= 0.6 is 0 Å². The second-order valence-electron chi connectivity index (χ2n) is 17.5. The molecule has 0 heterocycles. The summed E-state index contributed by atoms with van der Waals surface area (Å²) < 4.78 is 0. The summed E-state index contributed by atoms with van der Waals surface area (Å²) in [7, 11) is 0. The van der Waals surface area contributed by atoms with E-state index in [0.717, 1.165) is 38.5 Å². The molecule has 0 saturated carbocycles. The Kier molecular flexibility index (Phi) is 43.9. The maximum atomic E-state index is 12.5. The Balaban J connectivity index is 3.61. The van der Waals surface area contributed by atoms with E-state index in [4.69, 9.17) is 0 Å². The molecular formula is C49H99NO5. The molecule has 0 spiro atoms. The highest BCUT2D eigenvalue weighted by molar-refractivity contribution is 5.80. The lowest BCUT2D eigenvalue weighted by Gasteiger charge is -2.27. The van der Waals surface area contributed by atoms with Crippen molar-refractivity contribution in [1.29, 1.82) is 0 Å². The van der Waals surface area contributed by atoms with Crippen LogP contribution in [0.5, 0.6) is 0 Å². The van der Waals surface area contributed by atoms with Gasteiger partial charge in [-0.25, -0.2) is 0 Å². The number of aliphatic hydroxyl groups excluding tert-OH is 4. The van der Waals surface area contributed by atoms with Crippen LogP contribution in [0.15, 0.2) is 0 Å². The van der Waals surface area contributed by atoms with Crippen molar-refractivity contribution in [2.75, 3.05) is 6.61 Å². The zero-order valence-electron chi connectivity index (χ0n) is 37.2. The zero-order chi connectivity index (χ0) is 40.3. The van der Waals surface area contributed by atoms with Gasteiger partial charge < -0.3 is 25.7 Å². The second kappa shape index (κ2) is 44.4. The molecule has 1 amide bonds. The highest BCUT2D eigenvalue weighted by Crippen LogP contribution is 2.18. The van der Waals surface area contributed by atoms with Gasteiger partial charge in [-0.2, -0.15) is 0 Å². The number of amides is 1. The molecule has 0 aromatic rings. The minimum atomic E-state index is -1.25. The predicted molar refractivity (Wildman–Crippen MR) is 238 cm³/mol. The van der Waals surface area contributed by atoms with E-state index < -0.39 is 36.9 Å². The smallest absolute Gasteiger partial charge is 0.249 e. The first-order valence-electron chi connectivity index (χ1n) is 24.9. The molecule has 0 aliphatic carbocycles. The van der Waals surface area contributed by atoms with Crippen LogP contribution in [0.2, 0.25) is 0 Å². The van der Waals surface area contributed by atoms with Crippen molar-refractivity contribution in [3.05, 3.63) is 0 Å². The van der Waals surface area contributed by atoms with Crippen molar-refractivity contribution in [3.63, 3.8) is 0 Å². The topological polar surface area (TPSA) is 110 Å². The summed E-state index contributed by atoms with van der Waals surface area (Å²) in [5, 5.41) is 43.8. The molecule has 0 rings (SSSR count). The van der Waals surface area contributed by atoms with E-state index in [1.54, 1.807) is 0 Å². The summed E-state index contributed by atoms with van der Waals surface area (Å²) in [6.07, 6.45) is 48.6. The molecule has 6 heteroatoms. The Hall–Kier alpha value is -0.690. The lowest BCUT2D eigenvalue weighted by molar-refractivity contribution is -0.132. The van der Waals surface area contributed by atoms with E-state index in [1.165, 1.54) is 212 Å². The van der Waals surface area contributed by atoms with Gasteiger partial charge in [-0.15, -0.1) is 0 Å². The van der Waals surface area contributed by atoms with Crippen LogP contribution in [0.1, 0.15) is 277 Å². The summed E-state index contributed by atoms with van der Waals surface area (Å²) in [5.41, 5.74) is 0. The molecule has 4 unspecified atom stereocenters. The fraction of sp³-hybridized carbons (Fsp3) is 0.980. The number of hydrogen-bond acceptors (Lipinski definition) is 5. The average molecular weight is 782 g/mol. The summed E-state index contributed by atoms with van der Waals surface area (Å²) in [6, 6.07) is -0.979. The number of nitrogens with one attached hydrogen (secondary N) is 1. The van der Waals surface area contributed by atoms with Crippen LogP contribution in [0, 0.1) is 0 Å². The second-order valence-corrected chi connectivity index (χ2v) is 17.5. The van der Waals surface area contributed by atoms with Crippen LogP contribution in [-0.4, -0.2) is 57.3 Å². The van der Waals surface area contributed by atoms with Crippen molar-refractivity contribution in [2.24, 2.45) is 0 Å². The molecule has 4 atom stereocenters. The van der Waals surface area contributed by atoms with Crippen LogP contribution < -0.4 is 5.32 Å². The molecule has 0 fully saturated rings. The lowest BCUT2D eigenvalue weighted by Crippen LogP contribution is -2.53. The third kappa shape index (κ3) is 38.6. The first kappa shape index (κ1) is 54.3. The Morgan fingerprint density at radius 2 is 0.618 bits per heavy atom. The van der Waals surface area contributed by atoms with Crippen molar-refractivity contribution in [2.45, 2.75) is 301 Å². The Morgan fingerprint density at radius 3 is 0.873 bits per heavy atom. The van der Waals surface area contributed by atoms with Gasteiger partial charge in [0.1, 0.15) is 12.2 Å². The monoisotopic (exact) mass is 782 g/mol. The number of carbonyl (C=O) groups excluding carboxylic acids is 1. The van der Waals surface area contributed by atoms with E-state index in [1.807, 2.05) is 0 Å². The Labute approximate surface area is 343 Å². The molecule has 0 aliphatic heterocycles. The molecule has 0 aromatic carbocycles. The maximum Gasteiger partial charge on any atom is 0.249 e. The van der Waals surface area contributed by atoms with Gasteiger partial charge in [-0.3, -0.25) is 4.79 Å². The van der Waals surface area contributed by atoms with Crippen LogP contribution in [0.4, 0.5) is 0 Å². The number of unbranched alkanes of at least 4 members (excludes halogenated alkanes) is 37. The van der Waals surface area contributed by atoms with Crippen molar-refractivity contribution < 1.29 is 25.2 Å². The molecule has 0 aliphatic rings. The van der Waals surface area contributed by atoms with Gasteiger partial charge in [0.25, 0.3) is 0 Å². The van der Waals surface area contributed by atoms with Crippen LogP contribution in [0.3, 0.4) is 0 Å². The minimum absolute atomic E-state index is 0.376. The normalized spacial score (nSPS) is 13.9. The molecule has 55 heavy (non-hydrogen) atoms. The molecule has 5 N–H and O–H groups in total. The molecule has 0 radical (unpaired) electrons. The molecule has 330 valence electrons. The molecular weight excluding hydrogens is 683 g/mol. The van der Waals surface area contributed by atoms with Gasteiger partial charge in [0.05, 0.1) is 18.8 Å². The lowest BCUT2D eigenvalue weighted by atomic mass is 9.99. The molecule has 6 nitrogen and oxygen atoms in total. The largest absolute Gasteiger partial charge is 0.394 e. The SMILES string of the molecule is CCCCCCCCCCCCCCCCCCCCCCCCCCC(O)C(=O)NC(CO)C(O)C(O)CCCCCCCCCCCCCCCCC. The van der Waals surface area contributed by atoms with E-state index >= 15 is 0 Å². The van der Waals surface area contributed by atoms with E-state index in [0.29, 0.717) is 12.8 Å². The third-order valence-corrected chi connectivity index (χ3v) is 12.1. The third-order valence-electron chi connectivity index (χ3n) is 12.1. The Morgan fingerprint density at radius 1 is 0.382 bits per heavy atom. The van der Waals surface area contributed by atoms with Gasteiger partial charge in [-0.05, 0) is 12.8 Å². The molecule has 0 saturated heterocycles. The van der Waals surface area contributed by atoms with Crippen molar-refractivity contribution >= 4 is 5.91 Å². The van der Waals surface area contributed by atoms with Gasteiger partial charge >= 0.3 is 0 Å². The van der Waals surface area contributed by atoms with Gasteiger partial charge in [0.2, 0.25) is 5.91 Å². The van der Waals surface area contributed by atoms with Crippen molar-refractivity contribution in [1.82, 2.24) is 5.32 Å². The standard InChI is InChI=1S/C49H99NO5/c1-3-5-7-9-11-13-15-17-19-20-21-22-23-24-25-26-27-29-31-33-35-37-39-41-43-47(53)49(55)50-45(44-51)48(54)46(52)42-40-38-36-34-32-30-28-18-16-14-12-10-8-6-4-2/h45-48,51-54H,3-44H2,1-2H3,(H,50,55). The summed E-state index contributed by atoms with van der Waals surface area (Å²) in [4.78, 5) is 12.5. The maximum absolute atomic E-state index is 12.5. The van der Waals surface area contributed by atoms with Crippen LogP contribution in [-0.2, 0) is 4.79 Å². The number of hydrogen-bond donors (Lipinski definition) is 5. The fourth-order valence-electron chi connectivity index (χ4n) is 8.11. The highest BCUT2D eigenvalue weighted by atomic mass is 16.3. The van der Waals surface area contributed by atoms with E-state index in [-0.39, 0.29) is 0 Å². The number of aliphatic hydroxyl groups is 4. The van der Waals surface area contributed by atoms with Gasteiger partial charge in [-0.1, -0.05) is 264 Å². The zero-order valence-corrected chi connectivity index (χ0v) is 37.2. The Bertz CT molecular complexity index is 751. The quantitative estimate of drug-likeness (QED) is 0.0395. The average Bonchev–Trinajstić information content (AvgIpc) is 3.19. The summed E-state index contributed by atoms with van der Waals surface area (Å²) in [6.45, 7) is 4.08. The first-order valence-corrected chi connectivity index (χ1v) is 24.9. The molecule has 0 bridgehead atoms.